The lowest BCUT2D eigenvalue weighted by atomic mass is 10.1. The lowest BCUT2D eigenvalue weighted by Gasteiger charge is -2.36. The van der Waals surface area contributed by atoms with Crippen LogP contribution in [0.2, 0.25) is 0 Å². The molecule has 2 heterocycles. The minimum absolute atomic E-state index is 0.240. The maximum Gasteiger partial charge on any atom is 0.193 e. The SMILES string of the molecule is Cc1cccc(NC(N)=NCC(c2cccs2)N2CCOC(C)C2)c1. The Balaban J connectivity index is 1.69. The fourth-order valence-electron chi connectivity index (χ4n) is 3.09. The number of benzene rings is 1. The number of rotatable bonds is 5. The molecule has 3 N–H and O–H groups in total. The second-order valence-electron chi connectivity index (χ2n) is 6.43. The number of ether oxygens (including phenoxy) is 1. The van der Waals surface area contributed by atoms with Crippen LogP contribution < -0.4 is 11.1 Å². The topological polar surface area (TPSA) is 62.9 Å². The molecule has 134 valence electrons. The third-order valence-corrected chi connectivity index (χ3v) is 5.28. The van der Waals surface area contributed by atoms with Gasteiger partial charge in [0.1, 0.15) is 0 Å². The van der Waals surface area contributed by atoms with Crippen LogP contribution in [0.4, 0.5) is 5.69 Å². The first-order chi connectivity index (χ1) is 12.1. The zero-order chi connectivity index (χ0) is 17.6. The van der Waals surface area contributed by atoms with Crippen molar-refractivity contribution in [1.29, 1.82) is 0 Å². The highest BCUT2D eigenvalue weighted by atomic mass is 32.1. The van der Waals surface area contributed by atoms with Gasteiger partial charge in [-0.05, 0) is 43.0 Å². The molecule has 0 radical (unpaired) electrons. The molecule has 0 amide bonds. The van der Waals surface area contributed by atoms with E-state index in [1.165, 1.54) is 10.4 Å². The van der Waals surface area contributed by atoms with Gasteiger partial charge in [-0.3, -0.25) is 9.89 Å². The van der Waals surface area contributed by atoms with Gasteiger partial charge in [-0.15, -0.1) is 11.3 Å². The van der Waals surface area contributed by atoms with E-state index >= 15 is 0 Å². The Hall–Kier alpha value is -1.89. The number of morpholine rings is 1. The lowest BCUT2D eigenvalue weighted by molar-refractivity contribution is -0.0327. The van der Waals surface area contributed by atoms with Crippen molar-refractivity contribution in [3.05, 3.63) is 52.2 Å². The smallest absolute Gasteiger partial charge is 0.193 e. The molecule has 2 unspecified atom stereocenters. The predicted octanol–water partition coefficient (Wildman–Crippen LogP) is 3.25. The number of nitrogens with two attached hydrogens (primary N) is 1. The molecule has 1 saturated heterocycles. The molecule has 0 aliphatic carbocycles. The number of guanidine groups is 1. The van der Waals surface area contributed by atoms with E-state index in [2.05, 4.69) is 58.7 Å². The highest BCUT2D eigenvalue weighted by molar-refractivity contribution is 7.10. The third kappa shape index (κ3) is 5.04. The summed E-state index contributed by atoms with van der Waals surface area (Å²) in [5, 5.41) is 5.30. The molecule has 1 aliphatic heterocycles. The highest BCUT2D eigenvalue weighted by Crippen LogP contribution is 2.27. The second kappa shape index (κ2) is 8.47. The van der Waals surface area contributed by atoms with Crippen molar-refractivity contribution in [2.75, 3.05) is 31.6 Å². The number of nitrogens with zero attached hydrogens (tertiary/aromatic N) is 2. The van der Waals surface area contributed by atoms with E-state index in [1.54, 1.807) is 11.3 Å². The first-order valence-corrected chi connectivity index (χ1v) is 9.52. The summed E-state index contributed by atoms with van der Waals surface area (Å²) in [7, 11) is 0. The summed E-state index contributed by atoms with van der Waals surface area (Å²) in [6.45, 7) is 7.43. The third-order valence-electron chi connectivity index (χ3n) is 4.31. The van der Waals surface area contributed by atoms with Crippen LogP contribution >= 0.6 is 11.3 Å². The fourth-order valence-corrected chi connectivity index (χ4v) is 3.94. The molecule has 5 nitrogen and oxygen atoms in total. The number of anilines is 1. The lowest BCUT2D eigenvalue weighted by Crippen LogP contribution is -2.44. The summed E-state index contributed by atoms with van der Waals surface area (Å²) < 4.78 is 5.68. The predicted molar refractivity (Wildman–Crippen MR) is 105 cm³/mol. The van der Waals surface area contributed by atoms with Crippen LogP contribution in [0.3, 0.4) is 0 Å². The van der Waals surface area contributed by atoms with Crippen molar-refractivity contribution in [1.82, 2.24) is 4.90 Å². The Kier molecular flexibility index (Phi) is 6.07. The van der Waals surface area contributed by atoms with Gasteiger partial charge in [0.15, 0.2) is 5.96 Å². The van der Waals surface area contributed by atoms with Crippen LogP contribution in [-0.2, 0) is 4.74 Å². The first-order valence-electron chi connectivity index (χ1n) is 8.64. The van der Waals surface area contributed by atoms with Gasteiger partial charge in [-0.25, -0.2) is 0 Å². The second-order valence-corrected chi connectivity index (χ2v) is 7.41. The number of aliphatic imine (C=N–C) groups is 1. The van der Waals surface area contributed by atoms with Gasteiger partial charge in [0, 0.05) is 23.7 Å². The largest absolute Gasteiger partial charge is 0.376 e. The molecule has 0 spiro atoms. The molecule has 0 bridgehead atoms. The van der Waals surface area contributed by atoms with E-state index in [-0.39, 0.29) is 12.1 Å². The number of thiophene rings is 1. The standard InChI is InChI=1S/C19H26N4OS/c1-14-5-3-6-16(11-14)22-19(20)21-12-17(18-7-4-10-25-18)23-8-9-24-15(2)13-23/h3-7,10-11,15,17H,8-9,12-13H2,1-2H3,(H3,20,21,22). The van der Waals surface area contributed by atoms with Crippen LogP contribution in [0.5, 0.6) is 0 Å². The van der Waals surface area contributed by atoms with Crippen molar-refractivity contribution < 1.29 is 4.74 Å². The number of hydrogen-bond donors (Lipinski definition) is 2. The summed E-state index contributed by atoms with van der Waals surface area (Å²) in [4.78, 5) is 8.38. The van der Waals surface area contributed by atoms with Gasteiger partial charge in [0.05, 0.1) is 25.3 Å². The molecule has 2 atom stereocenters. The van der Waals surface area contributed by atoms with Crippen molar-refractivity contribution in [3.63, 3.8) is 0 Å². The van der Waals surface area contributed by atoms with Gasteiger partial charge in [-0.1, -0.05) is 18.2 Å². The molecule has 6 heteroatoms. The van der Waals surface area contributed by atoms with Crippen molar-refractivity contribution in [2.45, 2.75) is 26.0 Å². The monoisotopic (exact) mass is 358 g/mol. The molecule has 0 saturated carbocycles. The number of aryl methyl sites for hydroxylation is 1. The van der Waals surface area contributed by atoms with E-state index in [9.17, 15) is 0 Å². The minimum atomic E-state index is 0.240. The van der Waals surface area contributed by atoms with Gasteiger partial charge >= 0.3 is 0 Å². The van der Waals surface area contributed by atoms with Gasteiger partial charge in [0.2, 0.25) is 0 Å². The minimum Gasteiger partial charge on any atom is -0.376 e. The maximum absolute atomic E-state index is 6.11. The Bertz CT molecular complexity index is 701. The van der Waals surface area contributed by atoms with Gasteiger partial charge in [0.25, 0.3) is 0 Å². The quantitative estimate of drug-likeness (QED) is 0.636. The van der Waals surface area contributed by atoms with Crippen molar-refractivity contribution in [3.8, 4) is 0 Å². The molecule has 25 heavy (non-hydrogen) atoms. The summed E-state index contributed by atoms with van der Waals surface area (Å²) >= 11 is 1.77. The highest BCUT2D eigenvalue weighted by Gasteiger charge is 2.26. The molecular formula is C19H26N4OS. The van der Waals surface area contributed by atoms with E-state index in [0.717, 1.165) is 25.4 Å². The molecule has 3 rings (SSSR count). The molecule has 1 fully saturated rings. The number of hydrogen-bond acceptors (Lipinski definition) is 4. The molecule has 2 aromatic rings. The Morgan fingerprint density at radius 2 is 2.32 bits per heavy atom. The summed E-state index contributed by atoms with van der Waals surface area (Å²) in [6.07, 6.45) is 0.253. The average Bonchev–Trinajstić information content (AvgIpc) is 3.09. The van der Waals surface area contributed by atoms with Gasteiger partial charge < -0.3 is 15.8 Å². The van der Waals surface area contributed by atoms with Crippen molar-refractivity contribution in [2.24, 2.45) is 10.7 Å². The Morgan fingerprint density at radius 3 is 3.04 bits per heavy atom. The zero-order valence-corrected chi connectivity index (χ0v) is 15.6. The Morgan fingerprint density at radius 1 is 1.44 bits per heavy atom. The van der Waals surface area contributed by atoms with Crippen LogP contribution in [0, 0.1) is 6.92 Å². The summed E-state index contributed by atoms with van der Waals surface area (Å²) in [5.74, 6) is 0.452. The summed E-state index contributed by atoms with van der Waals surface area (Å²) in [6, 6.07) is 12.6. The maximum atomic E-state index is 6.11. The average molecular weight is 359 g/mol. The first kappa shape index (κ1) is 17.9. The van der Waals surface area contributed by atoms with Crippen LogP contribution in [0.15, 0.2) is 46.8 Å². The Labute approximate surface area is 153 Å². The van der Waals surface area contributed by atoms with Crippen LogP contribution in [0.1, 0.15) is 23.4 Å². The molecule has 1 aromatic carbocycles. The zero-order valence-electron chi connectivity index (χ0n) is 14.8. The van der Waals surface area contributed by atoms with Crippen LogP contribution in [0.25, 0.3) is 0 Å². The van der Waals surface area contributed by atoms with Gasteiger partial charge in [-0.2, -0.15) is 0 Å². The molecular weight excluding hydrogens is 332 g/mol. The van der Waals surface area contributed by atoms with Crippen LogP contribution in [-0.4, -0.2) is 43.2 Å². The number of nitrogens with one attached hydrogen (secondary N) is 1. The normalized spacial score (nSPS) is 20.4. The van der Waals surface area contributed by atoms with Crippen molar-refractivity contribution >= 4 is 23.0 Å². The van der Waals surface area contributed by atoms with E-state index in [1.807, 2.05) is 12.1 Å². The summed E-state index contributed by atoms with van der Waals surface area (Å²) in [5.41, 5.74) is 8.27. The van der Waals surface area contributed by atoms with E-state index in [0.29, 0.717) is 12.5 Å². The molecule has 1 aromatic heterocycles. The molecule has 1 aliphatic rings. The van der Waals surface area contributed by atoms with E-state index < -0.39 is 0 Å². The van der Waals surface area contributed by atoms with E-state index in [4.69, 9.17) is 10.5 Å². The fraction of sp³-hybridized carbons (Fsp3) is 0.421.